The molecule has 3 aliphatic rings. The smallest absolute Gasteiger partial charge is 0.247 e. The molecule has 0 saturated carbocycles. The summed E-state index contributed by atoms with van der Waals surface area (Å²) in [6.07, 6.45) is 3.95. The molecular weight excluding hydrogens is 402 g/mol. The van der Waals surface area contributed by atoms with Gasteiger partial charge < -0.3 is 10.1 Å². The quantitative estimate of drug-likeness (QED) is 0.756. The van der Waals surface area contributed by atoms with E-state index in [0.717, 1.165) is 31.7 Å². The predicted octanol–water partition coefficient (Wildman–Crippen LogP) is 1.73. The van der Waals surface area contributed by atoms with Gasteiger partial charge in [-0.05, 0) is 25.0 Å². The molecule has 4 unspecified atom stereocenters. The SMILES string of the molecule is O=C(Nc1nccs1)C1CN(CC2CCCO2)CC2C(=O)N(c3ccccc3)NC12. The second-order valence-electron chi connectivity index (χ2n) is 8.06. The number of hydrazine groups is 1. The molecular formula is C21H25N5O3S. The van der Waals surface area contributed by atoms with E-state index in [1.807, 2.05) is 35.7 Å². The number of thiazole rings is 1. The highest BCUT2D eigenvalue weighted by atomic mass is 32.1. The van der Waals surface area contributed by atoms with Crippen LogP contribution in [0.5, 0.6) is 0 Å². The zero-order chi connectivity index (χ0) is 20.5. The lowest BCUT2D eigenvalue weighted by molar-refractivity contribution is -0.126. The molecule has 3 saturated heterocycles. The Bertz CT molecular complexity index is 887. The summed E-state index contributed by atoms with van der Waals surface area (Å²) in [6, 6.07) is 9.28. The van der Waals surface area contributed by atoms with Gasteiger partial charge >= 0.3 is 0 Å². The number of hydrogen-bond donors (Lipinski definition) is 2. The Morgan fingerprint density at radius 3 is 2.90 bits per heavy atom. The first-order valence-corrected chi connectivity index (χ1v) is 11.3. The van der Waals surface area contributed by atoms with Crippen LogP contribution in [0, 0.1) is 11.8 Å². The zero-order valence-electron chi connectivity index (χ0n) is 16.6. The first kappa shape index (κ1) is 19.6. The van der Waals surface area contributed by atoms with Crippen LogP contribution < -0.4 is 15.8 Å². The second kappa shape index (κ2) is 8.43. The minimum absolute atomic E-state index is 0.00953. The van der Waals surface area contributed by atoms with Crippen molar-refractivity contribution in [3.8, 4) is 0 Å². The zero-order valence-corrected chi connectivity index (χ0v) is 17.4. The molecule has 8 nitrogen and oxygen atoms in total. The number of carbonyl (C=O) groups excluding carboxylic acids is 2. The van der Waals surface area contributed by atoms with Crippen LogP contribution in [-0.2, 0) is 14.3 Å². The van der Waals surface area contributed by atoms with Crippen molar-refractivity contribution in [2.24, 2.45) is 11.8 Å². The Morgan fingerprint density at radius 2 is 2.17 bits per heavy atom. The van der Waals surface area contributed by atoms with E-state index in [9.17, 15) is 9.59 Å². The minimum atomic E-state index is -0.369. The van der Waals surface area contributed by atoms with Gasteiger partial charge in [-0.2, -0.15) is 0 Å². The number of nitrogens with one attached hydrogen (secondary N) is 2. The topological polar surface area (TPSA) is 86.8 Å². The number of para-hydroxylation sites is 1. The van der Waals surface area contributed by atoms with E-state index in [0.29, 0.717) is 18.2 Å². The number of amides is 2. The molecule has 0 radical (unpaired) electrons. The van der Waals surface area contributed by atoms with Gasteiger partial charge in [-0.15, -0.1) is 11.3 Å². The Kier molecular flexibility index (Phi) is 5.51. The van der Waals surface area contributed by atoms with Crippen LogP contribution in [0.25, 0.3) is 0 Å². The number of hydrogen-bond acceptors (Lipinski definition) is 7. The van der Waals surface area contributed by atoms with E-state index in [1.165, 1.54) is 11.3 Å². The average Bonchev–Trinajstić information content (AvgIpc) is 3.51. The number of ether oxygens (including phenoxy) is 1. The molecule has 2 N–H and O–H groups in total. The van der Waals surface area contributed by atoms with Crippen molar-refractivity contribution in [2.75, 3.05) is 36.6 Å². The van der Waals surface area contributed by atoms with Gasteiger partial charge in [0.2, 0.25) is 11.8 Å². The largest absolute Gasteiger partial charge is 0.377 e. The maximum absolute atomic E-state index is 13.3. The highest BCUT2D eigenvalue weighted by Crippen LogP contribution is 2.33. The highest BCUT2D eigenvalue weighted by molar-refractivity contribution is 7.13. The molecule has 4 heterocycles. The van der Waals surface area contributed by atoms with Crippen molar-refractivity contribution < 1.29 is 14.3 Å². The Balaban J connectivity index is 1.38. The number of likely N-dealkylation sites (tertiary alicyclic amines) is 1. The third-order valence-electron chi connectivity index (χ3n) is 6.09. The Morgan fingerprint density at radius 1 is 1.30 bits per heavy atom. The van der Waals surface area contributed by atoms with Gasteiger partial charge in [-0.25, -0.2) is 15.4 Å². The summed E-state index contributed by atoms with van der Waals surface area (Å²) >= 11 is 1.39. The van der Waals surface area contributed by atoms with Gasteiger partial charge in [0.15, 0.2) is 5.13 Å². The molecule has 1 aromatic heterocycles. The third-order valence-corrected chi connectivity index (χ3v) is 6.78. The van der Waals surface area contributed by atoms with Crippen LogP contribution in [0.3, 0.4) is 0 Å². The number of fused-ring (bicyclic) bond motifs is 1. The summed E-state index contributed by atoms with van der Waals surface area (Å²) in [4.78, 5) is 32.8. The lowest BCUT2D eigenvalue weighted by Crippen LogP contribution is -2.57. The van der Waals surface area contributed by atoms with Crippen LogP contribution in [0.1, 0.15) is 12.8 Å². The summed E-state index contributed by atoms with van der Waals surface area (Å²) in [5.41, 5.74) is 4.12. The van der Waals surface area contributed by atoms with Gasteiger partial charge in [0.1, 0.15) is 0 Å². The van der Waals surface area contributed by atoms with Crippen molar-refractivity contribution in [3.05, 3.63) is 41.9 Å². The van der Waals surface area contributed by atoms with Crippen LogP contribution in [0.2, 0.25) is 0 Å². The van der Waals surface area contributed by atoms with Crippen molar-refractivity contribution in [1.82, 2.24) is 15.3 Å². The summed E-state index contributed by atoms with van der Waals surface area (Å²) in [7, 11) is 0. The fraction of sp³-hybridized carbons (Fsp3) is 0.476. The summed E-state index contributed by atoms with van der Waals surface area (Å²) in [5.74, 6) is -0.749. The molecule has 2 aromatic rings. The van der Waals surface area contributed by atoms with E-state index in [4.69, 9.17) is 4.74 Å². The van der Waals surface area contributed by atoms with Gasteiger partial charge in [-0.1, -0.05) is 18.2 Å². The Hall–Kier alpha value is -2.33. The highest BCUT2D eigenvalue weighted by Gasteiger charge is 2.51. The number of piperidine rings is 1. The molecule has 3 fully saturated rings. The van der Waals surface area contributed by atoms with Gasteiger partial charge in [0.05, 0.1) is 29.7 Å². The van der Waals surface area contributed by atoms with Gasteiger partial charge in [0.25, 0.3) is 0 Å². The number of nitrogens with zero attached hydrogens (tertiary/aromatic N) is 3. The average molecular weight is 428 g/mol. The molecule has 158 valence electrons. The predicted molar refractivity (Wildman–Crippen MR) is 114 cm³/mol. The second-order valence-corrected chi connectivity index (χ2v) is 8.95. The van der Waals surface area contributed by atoms with Gasteiger partial charge in [0, 0.05) is 37.8 Å². The number of aromatic nitrogens is 1. The monoisotopic (exact) mass is 427 g/mol. The Labute approximate surface area is 179 Å². The molecule has 3 aliphatic heterocycles. The molecule has 30 heavy (non-hydrogen) atoms. The normalized spacial score (nSPS) is 29.2. The van der Waals surface area contributed by atoms with Crippen molar-refractivity contribution in [2.45, 2.75) is 25.0 Å². The summed E-state index contributed by atoms with van der Waals surface area (Å²) in [6.45, 7) is 2.76. The van der Waals surface area contributed by atoms with E-state index in [2.05, 4.69) is 20.6 Å². The molecule has 0 aliphatic carbocycles. The number of carbonyl (C=O) groups is 2. The van der Waals surface area contributed by atoms with Crippen LogP contribution in [0.4, 0.5) is 10.8 Å². The lowest BCUT2D eigenvalue weighted by Gasteiger charge is -2.39. The number of benzene rings is 1. The number of anilines is 2. The third kappa shape index (κ3) is 3.85. The molecule has 5 rings (SSSR count). The maximum Gasteiger partial charge on any atom is 0.247 e. The fourth-order valence-electron chi connectivity index (χ4n) is 4.66. The standard InChI is InChI=1S/C21H25N5O3S/c27-19(23-21-22-8-10-30-21)16-12-25(11-15-7-4-9-29-15)13-17-18(16)24-26(20(17)28)14-5-2-1-3-6-14/h1-3,5-6,8,10,15-18,24H,4,7,9,11-13H2,(H,22,23,27). The van der Waals surface area contributed by atoms with Gasteiger partial charge in [-0.3, -0.25) is 14.5 Å². The molecule has 0 spiro atoms. The molecule has 4 atom stereocenters. The number of rotatable bonds is 5. The summed E-state index contributed by atoms with van der Waals surface area (Å²) in [5, 5.41) is 6.95. The maximum atomic E-state index is 13.3. The van der Waals surface area contributed by atoms with Crippen molar-refractivity contribution >= 4 is 34.0 Å². The molecule has 9 heteroatoms. The minimum Gasteiger partial charge on any atom is -0.377 e. The van der Waals surface area contributed by atoms with Crippen LogP contribution in [-0.4, -0.2) is 60.1 Å². The van der Waals surface area contributed by atoms with Crippen molar-refractivity contribution in [1.29, 1.82) is 0 Å². The first-order valence-electron chi connectivity index (χ1n) is 10.4. The first-order chi connectivity index (χ1) is 14.7. The molecule has 1 aromatic carbocycles. The van der Waals surface area contributed by atoms with E-state index < -0.39 is 0 Å². The van der Waals surface area contributed by atoms with E-state index >= 15 is 0 Å². The fourth-order valence-corrected chi connectivity index (χ4v) is 5.19. The van der Waals surface area contributed by atoms with E-state index in [1.54, 1.807) is 11.2 Å². The van der Waals surface area contributed by atoms with Crippen LogP contribution in [0.15, 0.2) is 41.9 Å². The van der Waals surface area contributed by atoms with Crippen molar-refractivity contribution in [3.63, 3.8) is 0 Å². The summed E-state index contributed by atoms with van der Waals surface area (Å²) < 4.78 is 5.80. The molecule has 2 amide bonds. The lowest BCUT2D eigenvalue weighted by atomic mass is 9.83. The van der Waals surface area contributed by atoms with E-state index in [-0.39, 0.29) is 35.8 Å². The van der Waals surface area contributed by atoms with Crippen LogP contribution >= 0.6 is 11.3 Å². The molecule has 0 bridgehead atoms.